The van der Waals surface area contributed by atoms with E-state index in [1.165, 1.54) is 18.5 Å². The van der Waals surface area contributed by atoms with Crippen LogP contribution in [0.15, 0.2) is 23.2 Å². The van der Waals surface area contributed by atoms with Crippen LogP contribution in [0.3, 0.4) is 0 Å². The minimum atomic E-state index is 0.609. The number of rotatable bonds is 11. The van der Waals surface area contributed by atoms with Gasteiger partial charge in [0, 0.05) is 18.7 Å². The summed E-state index contributed by atoms with van der Waals surface area (Å²) in [6.07, 6.45) is 2.36. The first-order chi connectivity index (χ1) is 12.1. The molecular weight excluding hydrogens is 312 g/mol. The van der Waals surface area contributed by atoms with Gasteiger partial charge in [-0.15, -0.1) is 0 Å². The van der Waals surface area contributed by atoms with E-state index in [-0.39, 0.29) is 0 Å². The van der Waals surface area contributed by atoms with E-state index < -0.39 is 0 Å². The van der Waals surface area contributed by atoms with Crippen molar-refractivity contribution in [1.29, 1.82) is 0 Å². The predicted molar refractivity (Wildman–Crippen MR) is 108 cm³/mol. The summed E-state index contributed by atoms with van der Waals surface area (Å²) in [5, 5.41) is 6.74. The summed E-state index contributed by atoms with van der Waals surface area (Å²) in [6, 6.07) is 6.24. The molecule has 0 aliphatic carbocycles. The molecule has 0 saturated heterocycles. The zero-order valence-electron chi connectivity index (χ0n) is 16.7. The van der Waals surface area contributed by atoms with Crippen molar-refractivity contribution in [3.05, 3.63) is 29.3 Å². The van der Waals surface area contributed by atoms with Crippen LogP contribution < -0.4 is 15.4 Å². The summed E-state index contributed by atoms with van der Waals surface area (Å²) in [6.45, 7) is 14.4. The number of unbranched alkanes of at least 4 members (excludes halogenated alkanes) is 1. The highest BCUT2D eigenvalue weighted by molar-refractivity contribution is 5.79. The fourth-order valence-corrected chi connectivity index (χ4v) is 2.70. The lowest BCUT2D eigenvalue weighted by Crippen LogP contribution is -2.38. The van der Waals surface area contributed by atoms with Gasteiger partial charge in [0.1, 0.15) is 5.75 Å². The molecule has 0 fully saturated rings. The van der Waals surface area contributed by atoms with E-state index in [0.717, 1.165) is 49.9 Å². The number of methoxy groups -OCH3 is 1. The molecule has 1 aromatic rings. The van der Waals surface area contributed by atoms with Crippen LogP contribution in [0.5, 0.6) is 5.75 Å². The van der Waals surface area contributed by atoms with Gasteiger partial charge in [-0.25, -0.2) is 4.99 Å². The van der Waals surface area contributed by atoms with E-state index >= 15 is 0 Å². The summed E-state index contributed by atoms with van der Waals surface area (Å²) >= 11 is 0. The highest BCUT2D eigenvalue weighted by Gasteiger charge is 2.04. The van der Waals surface area contributed by atoms with Gasteiger partial charge in [0.05, 0.1) is 13.7 Å². The summed E-state index contributed by atoms with van der Waals surface area (Å²) in [7, 11) is 1.71. The fourth-order valence-electron chi connectivity index (χ4n) is 2.70. The fraction of sp³-hybridized carbons (Fsp3) is 0.650. The molecule has 1 aromatic carbocycles. The van der Waals surface area contributed by atoms with Crippen molar-refractivity contribution in [1.82, 2.24) is 15.5 Å². The highest BCUT2D eigenvalue weighted by atomic mass is 16.5. The number of hydrogen-bond donors (Lipinski definition) is 2. The number of nitrogens with zero attached hydrogens (tertiary/aromatic N) is 2. The van der Waals surface area contributed by atoms with Crippen molar-refractivity contribution >= 4 is 5.96 Å². The lowest BCUT2D eigenvalue weighted by molar-refractivity contribution is 0.297. The Labute approximate surface area is 153 Å². The average molecular weight is 349 g/mol. The molecule has 25 heavy (non-hydrogen) atoms. The molecule has 0 amide bonds. The molecule has 0 saturated carbocycles. The number of aryl methyl sites for hydroxylation is 1. The molecule has 0 radical (unpaired) electrons. The first-order valence-corrected chi connectivity index (χ1v) is 9.52. The quantitative estimate of drug-likeness (QED) is 0.366. The third-order valence-corrected chi connectivity index (χ3v) is 4.28. The molecule has 142 valence electrons. The average Bonchev–Trinajstić information content (AvgIpc) is 2.63. The van der Waals surface area contributed by atoms with Crippen molar-refractivity contribution in [2.45, 2.75) is 47.1 Å². The van der Waals surface area contributed by atoms with Crippen molar-refractivity contribution < 1.29 is 4.74 Å². The van der Waals surface area contributed by atoms with Gasteiger partial charge in [-0.2, -0.15) is 0 Å². The van der Waals surface area contributed by atoms with Gasteiger partial charge in [0.2, 0.25) is 0 Å². The Morgan fingerprint density at radius 1 is 1.12 bits per heavy atom. The summed E-state index contributed by atoms with van der Waals surface area (Å²) < 4.78 is 5.46. The van der Waals surface area contributed by atoms with Crippen LogP contribution in [0.1, 0.15) is 44.7 Å². The summed E-state index contributed by atoms with van der Waals surface area (Å²) in [4.78, 5) is 7.15. The van der Waals surface area contributed by atoms with Crippen LogP contribution in [0.4, 0.5) is 0 Å². The van der Waals surface area contributed by atoms with E-state index in [4.69, 9.17) is 9.73 Å². The van der Waals surface area contributed by atoms with Gasteiger partial charge in [-0.3, -0.25) is 0 Å². The molecule has 0 bridgehead atoms. The Hall–Kier alpha value is -1.75. The van der Waals surface area contributed by atoms with E-state index in [0.29, 0.717) is 6.54 Å². The van der Waals surface area contributed by atoms with Crippen LogP contribution in [0.25, 0.3) is 0 Å². The monoisotopic (exact) mass is 348 g/mol. The smallest absolute Gasteiger partial charge is 0.191 e. The molecular formula is C20H36N4O. The second-order valence-corrected chi connectivity index (χ2v) is 6.17. The van der Waals surface area contributed by atoms with E-state index in [1.54, 1.807) is 7.11 Å². The normalized spacial score (nSPS) is 11.7. The Morgan fingerprint density at radius 3 is 2.52 bits per heavy atom. The maximum atomic E-state index is 5.46. The van der Waals surface area contributed by atoms with Gasteiger partial charge in [-0.1, -0.05) is 26.0 Å². The number of hydrogen-bond acceptors (Lipinski definition) is 3. The molecule has 0 atom stereocenters. The summed E-state index contributed by atoms with van der Waals surface area (Å²) in [5.41, 5.74) is 2.30. The van der Waals surface area contributed by atoms with Crippen LogP contribution in [-0.2, 0) is 6.54 Å². The van der Waals surface area contributed by atoms with Crippen LogP contribution >= 0.6 is 0 Å². The highest BCUT2D eigenvalue weighted by Crippen LogP contribution is 2.20. The Bertz CT molecular complexity index is 512. The van der Waals surface area contributed by atoms with Crippen molar-refractivity contribution in [2.75, 3.05) is 39.8 Å². The molecule has 0 aromatic heterocycles. The molecule has 5 heteroatoms. The predicted octanol–water partition coefficient (Wildman–Crippen LogP) is 3.18. The molecule has 5 nitrogen and oxygen atoms in total. The lowest BCUT2D eigenvalue weighted by Gasteiger charge is -2.18. The second-order valence-electron chi connectivity index (χ2n) is 6.17. The van der Waals surface area contributed by atoms with Crippen LogP contribution in [0, 0.1) is 6.92 Å². The van der Waals surface area contributed by atoms with Gasteiger partial charge in [-0.05, 0) is 58.0 Å². The molecule has 0 aliphatic heterocycles. The molecule has 1 rings (SSSR count). The SMILES string of the molecule is CCNC(=NCc1ccc(C)cc1OC)NCCCCN(CC)CC. The van der Waals surface area contributed by atoms with Crippen LogP contribution in [0.2, 0.25) is 0 Å². The topological polar surface area (TPSA) is 48.9 Å². The lowest BCUT2D eigenvalue weighted by atomic mass is 10.1. The third kappa shape index (κ3) is 8.25. The Kier molecular flexibility index (Phi) is 10.7. The Morgan fingerprint density at radius 2 is 1.88 bits per heavy atom. The van der Waals surface area contributed by atoms with Gasteiger partial charge >= 0.3 is 0 Å². The third-order valence-electron chi connectivity index (χ3n) is 4.28. The van der Waals surface area contributed by atoms with E-state index in [1.807, 2.05) is 0 Å². The molecule has 0 aliphatic rings. The molecule has 0 spiro atoms. The zero-order valence-corrected chi connectivity index (χ0v) is 16.7. The van der Waals surface area contributed by atoms with Gasteiger partial charge in [0.25, 0.3) is 0 Å². The minimum Gasteiger partial charge on any atom is -0.496 e. The maximum absolute atomic E-state index is 5.46. The number of benzene rings is 1. The first kappa shape index (κ1) is 21.3. The number of guanidine groups is 1. The van der Waals surface area contributed by atoms with Crippen molar-refractivity contribution in [3.63, 3.8) is 0 Å². The molecule has 0 unspecified atom stereocenters. The molecule has 0 heterocycles. The van der Waals surface area contributed by atoms with Gasteiger partial charge in [0.15, 0.2) is 5.96 Å². The van der Waals surface area contributed by atoms with E-state index in [9.17, 15) is 0 Å². The largest absolute Gasteiger partial charge is 0.496 e. The summed E-state index contributed by atoms with van der Waals surface area (Å²) in [5.74, 6) is 1.77. The van der Waals surface area contributed by atoms with Crippen molar-refractivity contribution in [3.8, 4) is 5.75 Å². The number of ether oxygens (including phenoxy) is 1. The zero-order chi connectivity index (χ0) is 18.5. The van der Waals surface area contributed by atoms with Crippen molar-refractivity contribution in [2.24, 2.45) is 4.99 Å². The molecule has 2 N–H and O–H groups in total. The maximum Gasteiger partial charge on any atom is 0.191 e. The van der Waals surface area contributed by atoms with E-state index in [2.05, 4.69) is 61.4 Å². The Balaban J connectivity index is 2.49. The number of nitrogens with one attached hydrogen (secondary N) is 2. The second kappa shape index (κ2) is 12.6. The van der Waals surface area contributed by atoms with Crippen LogP contribution in [-0.4, -0.2) is 50.7 Å². The van der Waals surface area contributed by atoms with Gasteiger partial charge < -0.3 is 20.3 Å². The standard InChI is InChI=1S/C20H36N4O/c1-6-21-20(22-13-9-10-14-24(7-2)8-3)23-16-18-12-11-17(4)15-19(18)25-5/h11-12,15H,6-10,13-14,16H2,1-5H3,(H2,21,22,23). The first-order valence-electron chi connectivity index (χ1n) is 9.52. The minimum absolute atomic E-state index is 0.609. The number of aliphatic imine (C=N–C) groups is 1.